The Morgan fingerprint density at radius 3 is 2.74 bits per heavy atom. The molecule has 0 aliphatic carbocycles. The first-order chi connectivity index (χ1) is 16.5. The van der Waals surface area contributed by atoms with E-state index in [2.05, 4.69) is 25.9 Å². The van der Waals surface area contributed by atoms with Crippen molar-refractivity contribution in [1.29, 1.82) is 0 Å². The molecule has 1 saturated heterocycles. The second-order valence-electron chi connectivity index (χ2n) is 8.12. The number of piperidine rings is 1. The molecule has 3 aromatic rings. The average molecular weight is 477 g/mol. The zero-order chi connectivity index (χ0) is 23.9. The zero-order valence-corrected chi connectivity index (χ0v) is 19.8. The minimum absolute atomic E-state index is 0.0371. The number of thioether (sulfide) groups is 1. The minimum Gasteiger partial charge on any atom is -0.382 e. The lowest BCUT2D eigenvalue weighted by molar-refractivity contribution is 0.0923. The molecule has 8 nitrogen and oxygen atoms in total. The first-order valence-corrected chi connectivity index (χ1v) is 12.4. The van der Waals surface area contributed by atoms with Crippen LogP contribution in [-0.4, -0.2) is 47.2 Å². The van der Waals surface area contributed by atoms with Gasteiger partial charge >= 0.3 is 0 Å². The first-order valence-electron chi connectivity index (χ1n) is 11.2. The molecule has 0 saturated carbocycles. The maximum Gasteiger partial charge on any atom is 0.274 e. The number of nitrogens with two attached hydrogens (primary N) is 1. The second-order valence-corrected chi connectivity index (χ2v) is 9.00. The van der Waals surface area contributed by atoms with Crippen molar-refractivity contribution in [2.75, 3.05) is 25.1 Å². The van der Waals surface area contributed by atoms with Gasteiger partial charge in [-0.25, -0.2) is 9.97 Å². The molecule has 9 heteroatoms. The van der Waals surface area contributed by atoms with E-state index >= 15 is 0 Å². The zero-order valence-electron chi connectivity index (χ0n) is 19.0. The van der Waals surface area contributed by atoms with Crippen molar-refractivity contribution < 1.29 is 9.59 Å². The van der Waals surface area contributed by atoms with Gasteiger partial charge in [-0.05, 0) is 55.5 Å². The number of amides is 2. The molecule has 4 rings (SSSR count). The van der Waals surface area contributed by atoms with Crippen LogP contribution in [0.3, 0.4) is 0 Å². The molecule has 0 radical (unpaired) electrons. The highest BCUT2D eigenvalue weighted by molar-refractivity contribution is 7.98. The van der Waals surface area contributed by atoms with Crippen molar-refractivity contribution in [1.82, 2.24) is 25.9 Å². The van der Waals surface area contributed by atoms with Gasteiger partial charge in [-0.1, -0.05) is 24.3 Å². The molecule has 34 heavy (non-hydrogen) atoms. The van der Waals surface area contributed by atoms with Crippen LogP contribution in [0.2, 0.25) is 0 Å². The van der Waals surface area contributed by atoms with Crippen molar-refractivity contribution in [2.24, 2.45) is 0 Å². The molecule has 1 aliphatic heterocycles. The molecule has 0 spiro atoms. The Labute approximate surface area is 203 Å². The molecule has 2 amide bonds. The lowest BCUT2D eigenvalue weighted by atomic mass is 10.1. The van der Waals surface area contributed by atoms with Crippen molar-refractivity contribution in [2.45, 2.75) is 30.3 Å². The van der Waals surface area contributed by atoms with Gasteiger partial charge in [0.2, 0.25) is 0 Å². The maximum atomic E-state index is 12.8. The third-order valence-corrected chi connectivity index (χ3v) is 6.42. The summed E-state index contributed by atoms with van der Waals surface area (Å²) in [5.74, 6) is -0.463. The van der Waals surface area contributed by atoms with Crippen molar-refractivity contribution in [3.8, 4) is 11.3 Å². The topological polar surface area (TPSA) is 122 Å². The number of nitrogens with zero attached hydrogens (tertiary/aromatic N) is 2. The number of nitrogen functional groups attached to an aromatic ring is 1. The van der Waals surface area contributed by atoms with E-state index < -0.39 is 0 Å². The van der Waals surface area contributed by atoms with E-state index in [9.17, 15) is 9.59 Å². The lowest BCUT2D eigenvalue weighted by Crippen LogP contribution is -2.46. The normalized spacial score (nSPS) is 15.5. The number of anilines is 1. The molecular weight excluding hydrogens is 448 g/mol. The quantitative estimate of drug-likeness (QED) is 0.387. The number of rotatable bonds is 7. The number of carbonyl (C=O) groups is 2. The Morgan fingerprint density at radius 1 is 1.18 bits per heavy atom. The van der Waals surface area contributed by atoms with Crippen molar-refractivity contribution >= 4 is 29.4 Å². The monoisotopic (exact) mass is 476 g/mol. The second kappa shape index (κ2) is 11.1. The summed E-state index contributed by atoms with van der Waals surface area (Å²) in [4.78, 5) is 35.3. The van der Waals surface area contributed by atoms with Gasteiger partial charge in [0.05, 0.1) is 11.9 Å². The summed E-state index contributed by atoms with van der Waals surface area (Å²) >= 11 is 1.68. The average Bonchev–Trinajstić information content (AvgIpc) is 2.88. The summed E-state index contributed by atoms with van der Waals surface area (Å²) in [6.07, 6.45) is 5.45. The Balaban J connectivity index is 1.46. The van der Waals surface area contributed by atoms with E-state index in [-0.39, 0.29) is 29.4 Å². The van der Waals surface area contributed by atoms with Gasteiger partial charge in [-0.3, -0.25) is 9.59 Å². The lowest BCUT2D eigenvalue weighted by Gasteiger charge is -2.23. The highest BCUT2D eigenvalue weighted by Crippen LogP contribution is 2.20. The van der Waals surface area contributed by atoms with Crippen LogP contribution in [0.1, 0.15) is 39.3 Å². The number of hydrogen-bond acceptors (Lipinski definition) is 7. The van der Waals surface area contributed by atoms with Gasteiger partial charge in [0.15, 0.2) is 11.5 Å². The fourth-order valence-electron chi connectivity index (χ4n) is 3.78. The van der Waals surface area contributed by atoms with Crippen LogP contribution in [0.5, 0.6) is 0 Å². The van der Waals surface area contributed by atoms with Crippen LogP contribution < -0.4 is 21.7 Å². The number of aromatic nitrogens is 2. The standard InChI is InChI=1S/C25H28N6O2S/c1-34-20-9-7-16(8-10-20)13-29-24(32)18-5-2-4-17(12-18)21-15-28-23(26)22(31-21)25(33)30-19-6-3-11-27-14-19/h2,4-5,7-10,12,15,19,27H,3,6,11,13-14H2,1H3,(H2,26,28)(H,29,32)(H,30,33). The fraction of sp³-hybridized carbons (Fsp3) is 0.280. The highest BCUT2D eigenvalue weighted by atomic mass is 32.2. The Bertz CT molecular complexity index is 1160. The predicted molar refractivity (Wildman–Crippen MR) is 135 cm³/mol. The highest BCUT2D eigenvalue weighted by Gasteiger charge is 2.20. The van der Waals surface area contributed by atoms with Crippen LogP contribution in [0.25, 0.3) is 11.3 Å². The van der Waals surface area contributed by atoms with E-state index in [1.807, 2.05) is 36.6 Å². The molecule has 2 heterocycles. The summed E-state index contributed by atoms with van der Waals surface area (Å²) in [7, 11) is 0. The third kappa shape index (κ3) is 5.92. The predicted octanol–water partition coefficient (Wildman–Crippen LogP) is 2.86. The van der Waals surface area contributed by atoms with E-state index in [0.29, 0.717) is 23.4 Å². The van der Waals surface area contributed by atoms with Gasteiger partial charge in [0.1, 0.15) is 0 Å². The summed E-state index contributed by atoms with van der Waals surface area (Å²) in [5.41, 5.74) is 8.71. The molecule has 176 valence electrons. The molecule has 2 aromatic carbocycles. The van der Waals surface area contributed by atoms with Crippen molar-refractivity contribution in [3.05, 3.63) is 71.5 Å². The van der Waals surface area contributed by atoms with Crippen LogP contribution >= 0.6 is 11.8 Å². The Hall–Kier alpha value is -3.43. The summed E-state index contributed by atoms with van der Waals surface area (Å²) in [6.45, 7) is 2.11. The summed E-state index contributed by atoms with van der Waals surface area (Å²) < 4.78 is 0. The third-order valence-electron chi connectivity index (χ3n) is 5.68. The molecular formula is C25H28N6O2S. The van der Waals surface area contributed by atoms with Gasteiger partial charge in [-0.15, -0.1) is 11.8 Å². The SMILES string of the molecule is CSc1ccc(CNC(=O)c2cccc(-c3cnc(N)c(C(=O)NC4CCCNC4)n3)c2)cc1. The number of nitrogens with one attached hydrogen (secondary N) is 3. The molecule has 1 fully saturated rings. The largest absolute Gasteiger partial charge is 0.382 e. The van der Waals surface area contributed by atoms with Gasteiger partial charge in [-0.2, -0.15) is 0 Å². The van der Waals surface area contributed by atoms with Crippen LogP contribution in [-0.2, 0) is 6.54 Å². The smallest absolute Gasteiger partial charge is 0.274 e. The van der Waals surface area contributed by atoms with Gasteiger partial charge in [0.25, 0.3) is 11.8 Å². The van der Waals surface area contributed by atoms with Gasteiger partial charge in [0, 0.05) is 35.2 Å². The fourth-order valence-corrected chi connectivity index (χ4v) is 4.19. The Morgan fingerprint density at radius 2 is 2.00 bits per heavy atom. The van der Waals surface area contributed by atoms with Crippen molar-refractivity contribution in [3.63, 3.8) is 0 Å². The van der Waals surface area contributed by atoms with E-state index in [1.165, 1.54) is 11.1 Å². The van der Waals surface area contributed by atoms with Crippen LogP contribution in [0.15, 0.2) is 59.6 Å². The van der Waals surface area contributed by atoms with Gasteiger partial charge < -0.3 is 21.7 Å². The Kier molecular flexibility index (Phi) is 7.76. The first kappa shape index (κ1) is 23.7. The summed E-state index contributed by atoms with van der Waals surface area (Å²) in [5, 5.41) is 9.18. The summed E-state index contributed by atoms with van der Waals surface area (Å²) in [6, 6.07) is 15.2. The maximum absolute atomic E-state index is 12.8. The van der Waals surface area contributed by atoms with Crippen LogP contribution in [0, 0.1) is 0 Å². The minimum atomic E-state index is -0.345. The number of hydrogen-bond donors (Lipinski definition) is 4. The molecule has 1 aliphatic rings. The molecule has 5 N–H and O–H groups in total. The van der Waals surface area contributed by atoms with Crippen LogP contribution in [0.4, 0.5) is 5.82 Å². The molecule has 1 unspecified atom stereocenters. The number of carbonyl (C=O) groups excluding carboxylic acids is 2. The molecule has 0 bridgehead atoms. The molecule has 1 atom stereocenters. The molecule has 1 aromatic heterocycles. The van der Waals surface area contributed by atoms with E-state index in [1.54, 1.807) is 30.0 Å². The van der Waals surface area contributed by atoms with E-state index in [4.69, 9.17) is 5.73 Å². The van der Waals surface area contributed by atoms with E-state index in [0.717, 1.165) is 31.5 Å². The number of benzene rings is 2.